The Kier molecular flexibility index (Phi) is 4.75. The topological polar surface area (TPSA) is 66.4 Å². The smallest absolute Gasteiger partial charge is 0.330 e. The van der Waals surface area contributed by atoms with Gasteiger partial charge in [0.15, 0.2) is 6.04 Å². The molecule has 0 radical (unpaired) electrons. The van der Waals surface area contributed by atoms with Gasteiger partial charge < -0.3 is 10.4 Å². The van der Waals surface area contributed by atoms with Crippen LogP contribution in [0.1, 0.15) is 27.5 Å². The van der Waals surface area contributed by atoms with Gasteiger partial charge in [-0.2, -0.15) is 0 Å². The number of benzene rings is 2. The standard InChI is InChI=1S/C16H14BrNO3/c1-10-7-8-12(9-13(10)17)15(19)18-14(16(20)21)11-5-3-2-4-6-11/h2-9,14H,1H3,(H,18,19)(H,20,21)/t14-/m0/s1. The zero-order chi connectivity index (χ0) is 15.4. The van der Waals surface area contributed by atoms with Crippen LogP contribution in [0.2, 0.25) is 0 Å². The number of carboxylic acid groups (broad SMARTS) is 1. The quantitative estimate of drug-likeness (QED) is 0.891. The second-order valence-corrected chi connectivity index (χ2v) is 5.47. The highest BCUT2D eigenvalue weighted by Gasteiger charge is 2.22. The van der Waals surface area contributed by atoms with Crippen molar-refractivity contribution in [1.82, 2.24) is 5.32 Å². The van der Waals surface area contributed by atoms with Crippen molar-refractivity contribution >= 4 is 27.8 Å². The Balaban J connectivity index is 2.23. The Morgan fingerprint density at radius 3 is 2.38 bits per heavy atom. The predicted octanol–water partition coefficient (Wildman–Crippen LogP) is 3.31. The number of hydrogen-bond acceptors (Lipinski definition) is 2. The molecular formula is C16H14BrNO3. The molecule has 108 valence electrons. The average Bonchev–Trinajstić information content (AvgIpc) is 2.48. The fourth-order valence-electron chi connectivity index (χ4n) is 1.88. The molecule has 0 saturated carbocycles. The summed E-state index contributed by atoms with van der Waals surface area (Å²) in [5, 5.41) is 11.8. The first-order chi connectivity index (χ1) is 9.99. The molecule has 2 rings (SSSR count). The second-order valence-electron chi connectivity index (χ2n) is 4.62. The third-order valence-electron chi connectivity index (χ3n) is 3.09. The lowest BCUT2D eigenvalue weighted by atomic mass is 10.1. The van der Waals surface area contributed by atoms with Crippen molar-refractivity contribution in [2.75, 3.05) is 0 Å². The fourth-order valence-corrected chi connectivity index (χ4v) is 2.26. The SMILES string of the molecule is Cc1ccc(C(=O)N[C@H](C(=O)O)c2ccccc2)cc1Br. The number of aryl methyl sites for hydroxylation is 1. The molecule has 5 heteroatoms. The van der Waals surface area contributed by atoms with Crippen LogP contribution in [0.3, 0.4) is 0 Å². The number of rotatable bonds is 4. The Morgan fingerprint density at radius 1 is 1.14 bits per heavy atom. The van der Waals surface area contributed by atoms with Crippen LogP contribution < -0.4 is 5.32 Å². The lowest BCUT2D eigenvalue weighted by molar-refractivity contribution is -0.139. The monoisotopic (exact) mass is 347 g/mol. The minimum Gasteiger partial charge on any atom is -0.479 e. The van der Waals surface area contributed by atoms with Crippen molar-refractivity contribution in [2.24, 2.45) is 0 Å². The van der Waals surface area contributed by atoms with Gasteiger partial charge in [0.05, 0.1) is 0 Å². The van der Waals surface area contributed by atoms with Crippen molar-refractivity contribution < 1.29 is 14.7 Å². The molecule has 0 aliphatic rings. The number of aliphatic carboxylic acids is 1. The Labute approximate surface area is 130 Å². The fraction of sp³-hybridized carbons (Fsp3) is 0.125. The van der Waals surface area contributed by atoms with E-state index in [0.717, 1.165) is 10.0 Å². The first-order valence-electron chi connectivity index (χ1n) is 6.34. The van der Waals surface area contributed by atoms with E-state index >= 15 is 0 Å². The summed E-state index contributed by atoms with van der Waals surface area (Å²) in [7, 11) is 0. The maximum absolute atomic E-state index is 12.2. The Morgan fingerprint density at radius 2 is 1.81 bits per heavy atom. The molecule has 1 atom stereocenters. The highest BCUT2D eigenvalue weighted by Crippen LogP contribution is 2.19. The largest absolute Gasteiger partial charge is 0.479 e. The molecule has 2 aromatic rings. The number of hydrogen-bond donors (Lipinski definition) is 2. The van der Waals surface area contributed by atoms with E-state index in [-0.39, 0.29) is 0 Å². The van der Waals surface area contributed by atoms with Gasteiger partial charge in [-0.25, -0.2) is 4.79 Å². The number of amides is 1. The van der Waals surface area contributed by atoms with Crippen molar-refractivity contribution in [3.8, 4) is 0 Å². The lowest BCUT2D eigenvalue weighted by Crippen LogP contribution is -2.33. The molecule has 0 aromatic heterocycles. The molecule has 0 aliphatic carbocycles. The molecule has 4 nitrogen and oxygen atoms in total. The number of carbonyl (C=O) groups is 2. The van der Waals surface area contributed by atoms with E-state index in [4.69, 9.17) is 0 Å². The van der Waals surface area contributed by atoms with Crippen LogP contribution in [0, 0.1) is 6.92 Å². The number of carboxylic acids is 1. The van der Waals surface area contributed by atoms with Crippen LogP contribution in [-0.2, 0) is 4.79 Å². The summed E-state index contributed by atoms with van der Waals surface area (Å²) in [6.07, 6.45) is 0. The van der Waals surface area contributed by atoms with Crippen LogP contribution in [0.4, 0.5) is 0 Å². The van der Waals surface area contributed by atoms with Crippen molar-refractivity contribution in [3.05, 3.63) is 69.7 Å². The van der Waals surface area contributed by atoms with E-state index in [9.17, 15) is 14.7 Å². The van der Waals surface area contributed by atoms with Gasteiger partial charge in [-0.15, -0.1) is 0 Å². The summed E-state index contributed by atoms with van der Waals surface area (Å²) in [6, 6.07) is 12.7. The minimum atomic E-state index is -1.10. The normalized spacial score (nSPS) is 11.7. The minimum absolute atomic E-state index is 0.412. The second kappa shape index (κ2) is 6.54. The van der Waals surface area contributed by atoms with Crippen LogP contribution in [0.5, 0.6) is 0 Å². The van der Waals surface area contributed by atoms with E-state index in [2.05, 4.69) is 21.2 Å². The molecule has 0 heterocycles. The molecule has 2 aromatic carbocycles. The van der Waals surface area contributed by atoms with Gasteiger partial charge in [0, 0.05) is 10.0 Å². The number of halogens is 1. The number of nitrogens with one attached hydrogen (secondary N) is 1. The molecule has 0 aliphatic heterocycles. The van der Waals surface area contributed by atoms with E-state index < -0.39 is 17.9 Å². The van der Waals surface area contributed by atoms with Crippen molar-refractivity contribution in [2.45, 2.75) is 13.0 Å². The van der Waals surface area contributed by atoms with Crippen molar-refractivity contribution in [1.29, 1.82) is 0 Å². The Hall–Kier alpha value is -2.14. The highest BCUT2D eigenvalue weighted by atomic mass is 79.9. The van der Waals surface area contributed by atoms with Crippen LogP contribution in [0.25, 0.3) is 0 Å². The van der Waals surface area contributed by atoms with Gasteiger partial charge in [0.1, 0.15) is 0 Å². The summed E-state index contributed by atoms with van der Waals surface area (Å²) < 4.78 is 0.807. The van der Waals surface area contributed by atoms with Gasteiger partial charge in [0.25, 0.3) is 5.91 Å². The van der Waals surface area contributed by atoms with Crippen molar-refractivity contribution in [3.63, 3.8) is 0 Å². The summed E-state index contributed by atoms with van der Waals surface area (Å²) in [5.41, 5.74) is 1.95. The molecule has 21 heavy (non-hydrogen) atoms. The molecule has 0 bridgehead atoms. The zero-order valence-electron chi connectivity index (χ0n) is 11.3. The van der Waals surface area contributed by atoms with Gasteiger partial charge in [-0.05, 0) is 30.2 Å². The zero-order valence-corrected chi connectivity index (χ0v) is 12.9. The molecule has 0 unspecified atom stereocenters. The van der Waals surface area contributed by atoms with E-state index in [1.54, 1.807) is 48.5 Å². The number of carbonyl (C=O) groups excluding carboxylic acids is 1. The van der Waals surface area contributed by atoms with E-state index in [1.807, 2.05) is 6.92 Å². The van der Waals surface area contributed by atoms with E-state index in [1.165, 1.54) is 0 Å². The molecule has 2 N–H and O–H groups in total. The first kappa shape index (κ1) is 15.3. The Bertz CT molecular complexity index is 670. The molecule has 0 saturated heterocycles. The molecule has 1 amide bonds. The van der Waals surface area contributed by atoms with Crippen LogP contribution >= 0.6 is 15.9 Å². The third-order valence-corrected chi connectivity index (χ3v) is 3.94. The summed E-state index contributed by atoms with van der Waals surface area (Å²) >= 11 is 3.36. The average molecular weight is 348 g/mol. The van der Waals surface area contributed by atoms with Gasteiger partial charge >= 0.3 is 5.97 Å². The molecular weight excluding hydrogens is 334 g/mol. The molecule has 0 fully saturated rings. The third kappa shape index (κ3) is 3.70. The van der Waals surface area contributed by atoms with Crippen LogP contribution in [0.15, 0.2) is 53.0 Å². The summed E-state index contributed by atoms with van der Waals surface area (Å²) in [4.78, 5) is 23.6. The molecule has 0 spiro atoms. The maximum Gasteiger partial charge on any atom is 0.330 e. The summed E-state index contributed by atoms with van der Waals surface area (Å²) in [5.74, 6) is -1.52. The lowest BCUT2D eigenvalue weighted by Gasteiger charge is -2.15. The maximum atomic E-state index is 12.2. The van der Waals surface area contributed by atoms with Gasteiger partial charge in [-0.3, -0.25) is 4.79 Å². The highest BCUT2D eigenvalue weighted by molar-refractivity contribution is 9.10. The van der Waals surface area contributed by atoms with Crippen LogP contribution in [-0.4, -0.2) is 17.0 Å². The van der Waals surface area contributed by atoms with Gasteiger partial charge in [0.2, 0.25) is 0 Å². The summed E-state index contributed by atoms with van der Waals surface area (Å²) in [6.45, 7) is 1.91. The van der Waals surface area contributed by atoms with Gasteiger partial charge in [-0.1, -0.05) is 52.3 Å². The van der Waals surface area contributed by atoms with E-state index in [0.29, 0.717) is 11.1 Å². The predicted molar refractivity (Wildman–Crippen MR) is 83.2 cm³/mol. The first-order valence-corrected chi connectivity index (χ1v) is 7.13.